The smallest absolute Gasteiger partial charge is 0.178 e. The Hall–Kier alpha value is -2.73. The maximum Gasteiger partial charge on any atom is 0.178 e. The Morgan fingerprint density at radius 2 is 1.74 bits per heavy atom. The molecule has 0 atom stereocenters. The monoisotopic (exact) mass is 323 g/mol. The molecule has 0 radical (unpaired) electrons. The fourth-order valence-electron chi connectivity index (χ4n) is 2.68. The van der Waals surface area contributed by atoms with Crippen LogP contribution in [0.5, 0.6) is 0 Å². The molecule has 4 rings (SSSR count). The highest BCUT2D eigenvalue weighted by atomic mass is 32.2. The van der Waals surface area contributed by atoms with E-state index in [1.807, 2.05) is 42.5 Å². The van der Waals surface area contributed by atoms with E-state index >= 15 is 0 Å². The first-order valence-corrected chi connectivity index (χ1v) is 8.95. The number of pyridine rings is 1. The van der Waals surface area contributed by atoms with Gasteiger partial charge in [-0.2, -0.15) is 0 Å². The zero-order valence-electron chi connectivity index (χ0n) is 12.3. The lowest BCUT2D eigenvalue weighted by atomic mass is 10.1. The van der Waals surface area contributed by atoms with Gasteiger partial charge in [0.1, 0.15) is 5.82 Å². The molecule has 0 amide bonds. The first-order chi connectivity index (χ1) is 11.0. The molecular formula is C17H13N3O2S. The second kappa shape index (κ2) is 4.89. The lowest BCUT2D eigenvalue weighted by molar-refractivity contribution is 0.602. The van der Waals surface area contributed by atoms with E-state index in [9.17, 15) is 8.42 Å². The Kier molecular flexibility index (Phi) is 2.96. The van der Waals surface area contributed by atoms with E-state index in [0.29, 0.717) is 17.0 Å². The minimum Gasteiger partial charge on any atom is -0.337 e. The molecule has 0 fully saturated rings. The predicted molar refractivity (Wildman–Crippen MR) is 89.9 cm³/mol. The molecule has 0 aliphatic carbocycles. The zero-order valence-corrected chi connectivity index (χ0v) is 13.1. The van der Waals surface area contributed by atoms with Gasteiger partial charge in [-0.25, -0.2) is 18.4 Å². The van der Waals surface area contributed by atoms with Crippen molar-refractivity contribution in [2.24, 2.45) is 0 Å². The second-order valence-corrected chi connectivity index (χ2v) is 7.41. The highest BCUT2D eigenvalue weighted by Crippen LogP contribution is 2.31. The summed E-state index contributed by atoms with van der Waals surface area (Å²) in [5.41, 5.74) is 1.90. The maximum atomic E-state index is 12.2. The topological polar surface area (TPSA) is 75.7 Å². The van der Waals surface area contributed by atoms with Crippen LogP contribution in [0.4, 0.5) is 0 Å². The van der Waals surface area contributed by atoms with Gasteiger partial charge in [-0.05, 0) is 35.0 Å². The van der Waals surface area contributed by atoms with Crippen molar-refractivity contribution in [3.8, 4) is 11.4 Å². The van der Waals surface area contributed by atoms with E-state index in [-0.39, 0.29) is 4.90 Å². The van der Waals surface area contributed by atoms with Crippen molar-refractivity contribution in [1.29, 1.82) is 0 Å². The third-order valence-electron chi connectivity index (χ3n) is 3.76. The molecule has 0 saturated carbocycles. The summed E-state index contributed by atoms with van der Waals surface area (Å²) in [7, 11) is -3.39. The summed E-state index contributed by atoms with van der Waals surface area (Å²) in [6.45, 7) is 0. The van der Waals surface area contributed by atoms with Gasteiger partial charge in [0.15, 0.2) is 15.5 Å². The highest BCUT2D eigenvalue weighted by Gasteiger charge is 2.18. The summed E-state index contributed by atoms with van der Waals surface area (Å²) in [5, 5.41) is 1.84. The van der Waals surface area contributed by atoms with Crippen LogP contribution >= 0.6 is 0 Å². The van der Waals surface area contributed by atoms with Crippen LogP contribution in [0.3, 0.4) is 0 Å². The minimum absolute atomic E-state index is 0.259. The van der Waals surface area contributed by atoms with Crippen LogP contribution in [0.25, 0.3) is 33.3 Å². The third-order valence-corrected chi connectivity index (χ3v) is 4.90. The molecule has 2 heterocycles. The van der Waals surface area contributed by atoms with Crippen LogP contribution in [0.1, 0.15) is 0 Å². The molecule has 0 unspecified atom stereocenters. The molecule has 6 heteroatoms. The van der Waals surface area contributed by atoms with Crippen LogP contribution in [0.2, 0.25) is 0 Å². The van der Waals surface area contributed by atoms with Crippen molar-refractivity contribution in [2.75, 3.05) is 6.26 Å². The second-order valence-electron chi connectivity index (χ2n) is 5.43. The summed E-state index contributed by atoms with van der Waals surface area (Å²) in [5.74, 6) is 0.505. The fourth-order valence-corrected chi connectivity index (χ4v) is 3.58. The van der Waals surface area contributed by atoms with Crippen LogP contribution in [0, 0.1) is 0 Å². The molecule has 2 aromatic heterocycles. The number of hydrogen-bond donors (Lipinski definition) is 1. The van der Waals surface area contributed by atoms with E-state index in [0.717, 1.165) is 16.3 Å². The van der Waals surface area contributed by atoms with E-state index < -0.39 is 9.84 Å². The molecule has 0 saturated heterocycles. The van der Waals surface area contributed by atoms with Gasteiger partial charge in [-0.3, -0.25) is 0 Å². The van der Waals surface area contributed by atoms with Gasteiger partial charge in [-0.15, -0.1) is 0 Å². The number of sulfone groups is 1. The summed E-state index contributed by atoms with van der Waals surface area (Å²) < 4.78 is 24.5. The lowest BCUT2D eigenvalue weighted by Crippen LogP contribution is -2.01. The van der Waals surface area contributed by atoms with Gasteiger partial charge >= 0.3 is 0 Å². The van der Waals surface area contributed by atoms with E-state index in [1.54, 1.807) is 12.3 Å². The highest BCUT2D eigenvalue weighted by molar-refractivity contribution is 7.90. The van der Waals surface area contributed by atoms with Crippen LogP contribution in [-0.2, 0) is 9.84 Å². The van der Waals surface area contributed by atoms with Gasteiger partial charge < -0.3 is 4.98 Å². The molecule has 0 bridgehead atoms. The molecular weight excluding hydrogens is 310 g/mol. The summed E-state index contributed by atoms with van der Waals surface area (Å²) in [6, 6.07) is 14.9. The number of aromatic amines is 1. The van der Waals surface area contributed by atoms with Crippen LogP contribution in [0.15, 0.2) is 59.6 Å². The first-order valence-electron chi connectivity index (χ1n) is 7.06. The Balaban J connectivity index is 2.08. The predicted octanol–water partition coefficient (Wildman–Crippen LogP) is 3.18. The Morgan fingerprint density at radius 1 is 1.00 bits per heavy atom. The van der Waals surface area contributed by atoms with Crippen LogP contribution < -0.4 is 0 Å². The number of nitrogens with one attached hydrogen (secondary N) is 1. The maximum absolute atomic E-state index is 12.2. The summed E-state index contributed by atoms with van der Waals surface area (Å²) >= 11 is 0. The lowest BCUT2D eigenvalue weighted by Gasteiger charge is -2.08. The Bertz CT molecular complexity index is 1110. The number of fused-ring (bicyclic) bond motifs is 2. The van der Waals surface area contributed by atoms with E-state index in [1.165, 1.54) is 6.26 Å². The minimum atomic E-state index is -3.39. The number of hydrogen-bond acceptors (Lipinski definition) is 4. The van der Waals surface area contributed by atoms with E-state index in [2.05, 4.69) is 15.0 Å². The number of H-pyrrole nitrogens is 1. The average Bonchev–Trinajstić information content (AvgIpc) is 2.96. The van der Waals surface area contributed by atoms with Crippen molar-refractivity contribution in [3.63, 3.8) is 0 Å². The van der Waals surface area contributed by atoms with E-state index in [4.69, 9.17) is 0 Å². The quantitative estimate of drug-likeness (QED) is 0.615. The Labute approximate surface area is 132 Å². The standard InChI is InChI=1S/C17H13N3O2S/c1-23(21,22)15-10-12-6-3-2-5-11(12)9-13(15)16-19-14-7-4-8-18-17(14)20-16/h2-10H,1H3,(H,18,19,20). The van der Waals surface area contributed by atoms with Gasteiger partial charge in [0, 0.05) is 18.0 Å². The molecule has 114 valence electrons. The molecule has 5 nitrogen and oxygen atoms in total. The first kappa shape index (κ1) is 13.9. The summed E-state index contributed by atoms with van der Waals surface area (Å²) in [6.07, 6.45) is 2.87. The molecule has 0 aliphatic rings. The third kappa shape index (κ3) is 2.37. The molecule has 23 heavy (non-hydrogen) atoms. The van der Waals surface area contributed by atoms with Crippen molar-refractivity contribution in [2.45, 2.75) is 4.90 Å². The van der Waals surface area contributed by atoms with Crippen molar-refractivity contribution in [1.82, 2.24) is 15.0 Å². The Morgan fingerprint density at radius 3 is 2.43 bits per heavy atom. The number of imidazole rings is 1. The number of nitrogens with zero attached hydrogens (tertiary/aromatic N) is 2. The van der Waals surface area contributed by atoms with Crippen molar-refractivity contribution in [3.05, 3.63) is 54.7 Å². The normalized spacial score (nSPS) is 12.0. The van der Waals surface area contributed by atoms with Crippen molar-refractivity contribution < 1.29 is 8.42 Å². The largest absolute Gasteiger partial charge is 0.337 e. The van der Waals surface area contributed by atoms with Crippen LogP contribution in [-0.4, -0.2) is 29.6 Å². The van der Waals surface area contributed by atoms with Gasteiger partial charge in [0.05, 0.1) is 10.4 Å². The van der Waals surface area contributed by atoms with Crippen molar-refractivity contribution >= 4 is 31.8 Å². The SMILES string of the molecule is CS(=O)(=O)c1cc2ccccc2cc1-c1nc2ncccc2[nH]1. The zero-order chi connectivity index (χ0) is 16.0. The molecule has 0 aliphatic heterocycles. The molecule has 0 spiro atoms. The molecule has 4 aromatic rings. The van der Waals surface area contributed by atoms with Gasteiger partial charge in [0.25, 0.3) is 0 Å². The number of benzene rings is 2. The molecule has 2 aromatic carbocycles. The number of aromatic nitrogens is 3. The summed E-state index contributed by atoms with van der Waals surface area (Å²) in [4.78, 5) is 12.0. The van der Waals surface area contributed by atoms with Gasteiger partial charge in [0.2, 0.25) is 0 Å². The molecule has 1 N–H and O–H groups in total. The fraction of sp³-hybridized carbons (Fsp3) is 0.0588. The number of rotatable bonds is 2. The average molecular weight is 323 g/mol. The van der Waals surface area contributed by atoms with Gasteiger partial charge in [-0.1, -0.05) is 24.3 Å².